The maximum absolute atomic E-state index is 13.0. The molecule has 2 aromatic carbocycles. The van der Waals surface area contributed by atoms with E-state index in [4.69, 9.17) is 14.1 Å². The van der Waals surface area contributed by atoms with Gasteiger partial charge in [-0.3, -0.25) is 4.79 Å². The molecule has 4 aromatic rings. The number of rotatable bonds is 5. The first kappa shape index (κ1) is 21.4. The van der Waals surface area contributed by atoms with Gasteiger partial charge in [-0.05, 0) is 6.07 Å². The highest BCUT2D eigenvalue weighted by atomic mass is 32.1. The second kappa shape index (κ2) is 9.28. The third-order valence-electron chi connectivity index (χ3n) is 5.67. The van der Waals surface area contributed by atoms with Crippen LogP contribution in [0.3, 0.4) is 0 Å². The number of anilines is 3. The van der Waals surface area contributed by atoms with Crippen LogP contribution in [0.25, 0.3) is 11.6 Å². The maximum atomic E-state index is 13.0. The Bertz CT molecular complexity index is 1380. The Morgan fingerprint density at radius 2 is 1.83 bits per heavy atom. The van der Waals surface area contributed by atoms with Crippen LogP contribution in [0.5, 0.6) is 0 Å². The summed E-state index contributed by atoms with van der Waals surface area (Å²) in [6.45, 7) is 2.96. The number of hydrogen-bond acceptors (Lipinski definition) is 10. The Balaban J connectivity index is 1.27. The van der Waals surface area contributed by atoms with Crippen molar-refractivity contribution in [1.29, 1.82) is 0 Å². The Labute approximate surface area is 204 Å². The highest BCUT2D eigenvalue weighted by molar-refractivity contribution is 7.14. The van der Waals surface area contributed by atoms with Crippen molar-refractivity contribution in [2.75, 3.05) is 41.8 Å². The molecule has 4 heterocycles. The van der Waals surface area contributed by atoms with E-state index in [1.807, 2.05) is 60.0 Å². The topological polar surface area (TPSA) is 118 Å². The van der Waals surface area contributed by atoms with E-state index in [0.29, 0.717) is 30.3 Å². The Kier molecular flexibility index (Phi) is 5.68. The number of hydrogen-bond donors (Lipinski definition) is 2. The molecule has 2 aliphatic heterocycles. The molecule has 2 N–H and O–H groups in total. The van der Waals surface area contributed by atoms with Crippen molar-refractivity contribution >= 4 is 39.8 Å². The number of morpholine rings is 1. The number of nitrogens with one attached hydrogen (secondary N) is 2. The van der Waals surface area contributed by atoms with Gasteiger partial charge in [0.2, 0.25) is 6.17 Å². The largest absolute Gasteiger partial charge is 0.402 e. The third kappa shape index (κ3) is 4.38. The quantitative estimate of drug-likeness (QED) is 0.441. The summed E-state index contributed by atoms with van der Waals surface area (Å²) in [5.74, 6) is -0.0563. The van der Waals surface area contributed by atoms with Crippen molar-refractivity contribution in [2.24, 2.45) is 4.99 Å². The first-order valence-electron chi connectivity index (χ1n) is 11.2. The van der Waals surface area contributed by atoms with Gasteiger partial charge in [0.05, 0.1) is 24.6 Å². The Morgan fingerprint density at radius 3 is 2.69 bits per heavy atom. The highest BCUT2D eigenvalue weighted by Crippen LogP contribution is 2.29. The molecule has 2 aliphatic rings. The van der Waals surface area contributed by atoms with Gasteiger partial charge in [-0.15, -0.1) is 16.4 Å². The number of nitrogens with zero attached hydrogens (tertiary/aromatic N) is 5. The molecule has 0 bridgehead atoms. The van der Waals surface area contributed by atoms with E-state index in [9.17, 15) is 4.79 Å². The number of ether oxygens (including phenoxy) is 1. The van der Waals surface area contributed by atoms with Crippen molar-refractivity contribution in [1.82, 2.24) is 15.2 Å². The minimum Gasteiger partial charge on any atom is -0.402 e. The predicted molar refractivity (Wildman–Crippen MR) is 133 cm³/mol. The Hall–Kier alpha value is -4.09. The van der Waals surface area contributed by atoms with Crippen molar-refractivity contribution in [3.05, 3.63) is 71.1 Å². The SMILES string of the molecule is O=C1Nc2ccccc2C(c2ccccc2)=N[C@@H]1Nc1nnc(-c2csc(N3CCOCC3)n2)o1. The zero-order valence-corrected chi connectivity index (χ0v) is 19.4. The summed E-state index contributed by atoms with van der Waals surface area (Å²) in [6, 6.07) is 17.4. The van der Waals surface area contributed by atoms with Gasteiger partial charge in [0.25, 0.3) is 11.8 Å². The zero-order valence-electron chi connectivity index (χ0n) is 18.5. The lowest BCUT2D eigenvalue weighted by molar-refractivity contribution is -0.116. The second-order valence-corrected chi connectivity index (χ2v) is 8.79. The van der Waals surface area contributed by atoms with Crippen LogP contribution in [0.2, 0.25) is 0 Å². The molecule has 0 unspecified atom stereocenters. The normalized spacial score (nSPS) is 17.8. The summed E-state index contributed by atoms with van der Waals surface area (Å²) in [7, 11) is 0. The van der Waals surface area contributed by atoms with Gasteiger partial charge in [-0.25, -0.2) is 9.98 Å². The molecular formula is C24H21N7O3S. The number of carbonyl (C=O) groups excluding carboxylic acids is 1. The van der Waals surface area contributed by atoms with Crippen molar-refractivity contribution in [3.63, 3.8) is 0 Å². The van der Waals surface area contributed by atoms with E-state index in [0.717, 1.165) is 29.3 Å². The number of para-hydroxylation sites is 1. The van der Waals surface area contributed by atoms with Gasteiger partial charge in [0, 0.05) is 29.6 Å². The van der Waals surface area contributed by atoms with E-state index in [1.54, 1.807) is 0 Å². The zero-order chi connectivity index (χ0) is 23.6. The molecule has 0 saturated carbocycles. The average Bonchev–Trinajstić information content (AvgIpc) is 3.55. The molecular weight excluding hydrogens is 466 g/mol. The van der Waals surface area contributed by atoms with Crippen LogP contribution in [0.1, 0.15) is 11.1 Å². The second-order valence-electron chi connectivity index (χ2n) is 7.95. The van der Waals surface area contributed by atoms with E-state index in [2.05, 4.69) is 30.7 Å². The summed E-state index contributed by atoms with van der Waals surface area (Å²) >= 11 is 1.51. The lowest BCUT2D eigenvalue weighted by atomic mass is 10.0. The molecule has 6 rings (SSSR count). The minimum atomic E-state index is -0.967. The summed E-state index contributed by atoms with van der Waals surface area (Å²) in [5.41, 5.74) is 3.69. The van der Waals surface area contributed by atoms with E-state index >= 15 is 0 Å². The highest BCUT2D eigenvalue weighted by Gasteiger charge is 2.27. The van der Waals surface area contributed by atoms with Gasteiger partial charge in [0.15, 0.2) is 5.13 Å². The Morgan fingerprint density at radius 1 is 1.03 bits per heavy atom. The lowest BCUT2D eigenvalue weighted by Crippen LogP contribution is -2.36. The average molecular weight is 488 g/mol. The molecule has 11 heteroatoms. The van der Waals surface area contributed by atoms with Crippen LogP contribution in [-0.4, -0.2) is 59.3 Å². The van der Waals surface area contributed by atoms with Gasteiger partial charge in [-0.1, -0.05) is 53.6 Å². The molecule has 0 spiro atoms. The van der Waals surface area contributed by atoms with Crippen LogP contribution in [0.4, 0.5) is 16.8 Å². The number of aliphatic imine (C=N–C) groups is 1. The molecule has 176 valence electrons. The van der Waals surface area contributed by atoms with Gasteiger partial charge >= 0.3 is 6.01 Å². The number of amides is 1. The molecule has 2 aromatic heterocycles. The molecule has 1 saturated heterocycles. The van der Waals surface area contributed by atoms with E-state index < -0.39 is 6.17 Å². The van der Waals surface area contributed by atoms with Crippen LogP contribution < -0.4 is 15.5 Å². The van der Waals surface area contributed by atoms with E-state index in [1.165, 1.54) is 11.3 Å². The van der Waals surface area contributed by atoms with Crippen molar-refractivity contribution < 1.29 is 13.9 Å². The molecule has 1 atom stereocenters. The van der Waals surface area contributed by atoms with Gasteiger partial charge in [-0.2, -0.15) is 0 Å². The number of aromatic nitrogens is 3. The molecule has 0 aliphatic carbocycles. The van der Waals surface area contributed by atoms with E-state index in [-0.39, 0.29) is 17.8 Å². The number of thiazole rings is 1. The van der Waals surface area contributed by atoms with Gasteiger partial charge in [0.1, 0.15) is 5.69 Å². The monoisotopic (exact) mass is 487 g/mol. The van der Waals surface area contributed by atoms with Crippen LogP contribution >= 0.6 is 11.3 Å². The summed E-state index contributed by atoms with van der Waals surface area (Å²) in [4.78, 5) is 24.6. The lowest BCUT2D eigenvalue weighted by Gasteiger charge is -2.25. The van der Waals surface area contributed by atoms with Crippen molar-refractivity contribution in [3.8, 4) is 11.6 Å². The first-order chi connectivity index (χ1) is 17.2. The summed E-state index contributed by atoms with van der Waals surface area (Å²) < 4.78 is 11.2. The predicted octanol–water partition coefficient (Wildman–Crippen LogP) is 3.26. The first-order valence-corrected chi connectivity index (χ1v) is 12.0. The molecule has 0 radical (unpaired) electrons. The molecule has 1 fully saturated rings. The van der Waals surface area contributed by atoms with Crippen LogP contribution in [0.15, 0.2) is 69.4 Å². The van der Waals surface area contributed by atoms with Crippen LogP contribution in [-0.2, 0) is 9.53 Å². The maximum Gasteiger partial charge on any atom is 0.317 e. The smallest absolute Gasteiger partial charge is 0.317 e. The fourth-order valence-corrected chi connectivity index (χ4v) is 4.80. The minimum absolute atomic E-state index is 0.0863. The molecule has 10 nitrogen and oxygen atoms in total. The molecule has 35 heavy (non-hydrogen) atoms. The fraction of sp³-hybridized carbons (Fsp3) is 0.208. The number of fused-ring (bicyclic) bond motifs is 1. The number of benzene rings is 2. The fourth-order valence-electron chi connectivity index (χ4n) is 3.95. The third-order valence-corrected chi connectivity index (χ3v) is 6.57. The van der Waals surface area contributed by atoms with Crippen molar-refractivity contribution in [2.45, 2.75) is 6.17 Å². The van der Waals surface area contributed by atoms with Gasteiger partial charge < -0.3 is 24.7 Å². The standard InChI is InChI=1S/C24H21N7O3S/c32-21-20(27-19(15-6-2-1-3-7-15)16-8-4-5-9-17(16)25-21)28-23-30-29-22(34-23)18-14-35-24(26-18)31-10-12-33-13-11-31/h1-9,14,20H,10-13H2,(H,25,32)(H,28,30)/t20-/m1/s1. The number of benzodiazepines with no additional fused rings is 1. The summed E-state index contributed by atoms with van der Waals surface area (Å²) in [6.07, 6.45) is -0.967. The molecule has 1 amide bonds. The summed E-state index contributed by atoms with van der Waals surface area (Å²) in [5, 5.41) is 16.9. The number of carbonyl (C=O) groups is 1. The van der Waals surface area contributed by atoms with Crippen LogP contribution in [0, 0.1) is 0 Å².